The molecule has 0 bridgehead atoms. The molecule has 0 radical (unpaired) electrons. The highest BCUT2D eigenvalue weighted by Crippen LogP contribution is 1.91. The van der Waals surface area contributed by atoms with Gasteiger partial charge in [0.15, 0.2) is 0 Å². The summed E-state index contributed by atoms with van der Waals surface area (Å²) in [7, 11) is -3.37. The highest BCUT2D eigenvalue weighted by molar-refractivity contribution is 7.90. The van der Waals surface area contributed by atoms with Crippen molar-refractivity contribution in [1.29, 1.82) is 0 Å². The van der Waals surface area contributed by atoms with E-state index in [0.29, 0.717) is 6.42 Å². The third-order valence-corrected chi connectivity index (χ3v) is 2.91. The smallest absolute Gasteiger partial charge is 0.225 e. The minimum Gasteiger partial charge on any atom is -0.392 e. The first-order valence-electron chi connectivity index (χ1n) is 3.23. The molecule has 0 spiro atoms. The van der Waals surface area contributed by atoms with Gasteiger partial charge in [-0.05, 0) is 6.42 Å². The Kier molecular flexibility index (Phi) is 4.99. The molecule has 68 valence electrons. The van der Waals surface area contributed by atoms with E-state index in [-0.39, 0.29) is 6.54 Å². The molecule has 1 atom stereocenters. The van der Waals surface area contributed by atoms with Gasteiger partial charge in [-0.25, -0.2) is 13.1 Å². The molecule has 0 aliphatic rings. The monoisotopic (exact) mass is 201 g/mol. The summed E-state index contributed by atoms with van der Waals surface area (Å²) in [6.07, 6.45) is -0.113. The van der Waals surface area contributed by atoms with E-state index in [4.69, 9.17) is 16.7 Å². The number of hydrogen-bond donors (Lipinski definition) is 2. The molecule has 0 aromatic carbocycles. The molecule has 0 amide bonds. The average Bonchev–Trinajstić information content (AvgIpc) is 2.00. The molecule has 1 unspecified atom stereocenters. The summed E-state index contributed by atoms with van der Waals surface area (Å²) in [5, 5.41) is 8.48. The van der Waals surface area contributed by atoms with E-state index in [1.807, 2.05) is 0 Å². The normalized spacial score (nSPS) is 14.8. The van der Waals surface area contributed by atoms with Crippen LogP contribution in [0.5, 0.6) is 0 Å². The van der Waals surface area contributed by atoms with Gasteiger partial charge in [0.05, 0.1) is 6.10 Å². The van der Waals surface area contributed by atoms with Gasteiger partial charge in [0, 0.05) is 6.54 Å². The number of alkyl halides is 1. The van der Waals surface area contributed by atoms with Gasteiger partial charge in [0.25, 0.3) is 0 Å². The first kappa shape index (κ1) is 11.2. The molecule has 0 aromatic rings. The van der Waals surface area contributed by atoms with Crippen molar-refractivity contribution in [3.8, 4) is 0 Å². The predicted octanol–water partition coefficient (Wildman–Crippen LogP) is -0.127. The minimum absolute atomic E-state index is 0.0333. The molecule has 0 saturated carbocycles. The number of halogens is 1. The lowest BCUT2D eigenvalue weighted by molar-refractivity contribution is 0.174. The van der Waals surface area contributed by atoms with Crippen molar-refractivity contribution in [2.75, 3.05) is 11.8 Å². The van der Waals surface area contributed by atoms with E-state index in [0.717, 1.165) is 0 Å². The van der Waals surface area contributed by atoms with Crippen LogP contribution in [-0.2, 0) is 10.0 Å². The Labute approximate surface area is 71.6 Å². The van der Waals surface area contributed by atoms with Crippen LogP contribution in [0.2, 0.25) is 0 Å². The van der Waals surface area contributed by atoms with E-state index in [1.54, 1.807) is 6.92 Å². The van der Waals surface area contributed by atoms with Crippen molar-refractivity contribution >= 4 is 21.6 Å². The summed E-state index contributed by atoms with van der Waals surface area (Å²) in [6.45, 7) is 1.80. The fourth-order valence-electron chi connectivity index (χ4n) is 0.406. The number of sulfonamides is 1. The zero-order valence-corrected chi connectivity index (χ0v) is 7.82. The van der Waals surface area contributed by atoms with Crippen molar-refractivity contribution in [2.24, 2.45) is 0 Å². The number of aliphatic hydroxyl groups excluding tert-OH is 1. The molecule has 11 heavy (non-hydrogen) atoms. The summed E-state index contributed by atoms with van der Waals surface area (Å²) in [4.78, 5) is 0. The third-order valence-electron chi connectivity index (χ3n) is 1.15. The van der Waals surface area contributed by atoms with Crippen LogP contribution in [0.3, 0.4) is 0 Å². The number of hydrogen-bond acceptors (Lipinski definition) is 3. The topological polar surface area (TPSA) is 66.4 Å². The molecule has 0 saturated heterocycles. The van der Waals surface area contributed by atoms with Crippen LogP contribution >= 0.6 is 11.6 Å². The highest BCUT2D eigenvalue weighted by atomic mass is 35.5. The van der Waals surface area contributed by atoms with Gasteiger partial charge >= 0.3 is 0 Å². The van der Waals surface area contributed by atoms with Gasteiger partial charge in [0.2, 0.25) is 10.0 Å². The Hall–Kier alpha value is 0.160. The van der Waals surface area contributed by atoms with Crippen LogP contribution < -0.4 is 4.72 Å². The molecule has 4 nitrogen and oxygen atoms in total. The van der Waals surface area contributed by atoms with Gasteiger partial charge in [-0.1, -0.05) is 6.92 Å². The van der Waals surface area contributed by atoms with Crippen molar-refractivity contribution in [3.63, 3.8) is 0 Å². The quantitative estimate of drug-likeness (QED) is 0.610. The highest BCUT2D eigenvalue weighted by Gasteiger charge is 2.09. The maximum absolute atomic E-state index is 10.7. The lowest BCUT2D eigenvalue weighted by Crippen LogP contribution is -2.32. The van der Waals surface area contributed by atoms with Crippen LogP contribution in [0.1, 0.15) is 13.3 Å². The summed E-state index contributed by atoms with van der Waals surface area (Å²) < 4.78 is 23.5. The van der Waals surface area contributed by atoms with Crippen LogP contribution in [0.15, 0.2) is 0 Å². The van der Waals surface area contributed by atoms with E-state index in [2.05, 4.69) is 4.72 Å². The van der Waals surface area contributed by atoms with Crippen molar-refractivity contribution in [2.45, 2.75) is 19.4 Å². The van der Waals surface area contributed by atoms with E-state index in [9.17, 15) is 8.42 Å². The van der Waals surface area contributed by atoms with E-state index < -0.39 is 21.3 Å². The maximum Gasteiger partial charge on any atom is 0.225 e. The van der Waals surface area contributed by atoms with Crippen LogP contribution in [0.4, 0.5) is 0 Å². The van der Waals surface area contributed by atoms with E-state index in [1.165, 1.54) is 0 Å². The minimum atomic E-state index is -3.37. The molecule has 0 heterocycles. The van der Waals surface area contributed by atoms with Gasteiger partial charge in [-0.2, -0.15) is 0 Å². The van der Waals surface area contributed by atoms with Crippen molar-refractivity contribution in [3.05, 3.63) is 0 Å². The molecular weight excluding hydrogens is 190 g/mol. The molecule has 0 rings (SSSR count). The lowest BCUT2D eigenvalue weighted by atomic mass is 10.3. The summed E-state index contributed by atoms with van der Waals surface area (Å²) >= 11 is 5.09. The molecule has 6 heteroatoms. The molecule has 0 fully saturated rings. The predicted molar refractivity (Wildman–Crippen MR) is 43.9 cm³/mol. The fourth-order valence-corrected chi connectivity index (χ4v) is 1.16. The summed E-state index contributed by atoms with van der Waals surface area (Å²) in [5.74, 6) is 0. The Morgan fingerprint density at radius 2 is 2.18 bits per heavy atom. The summed E-state index contributed by atoms with van der Waals surface area (Å²) in [6, 6.07) is 0. The number of rotatable bonds is 5. The second kappa shape index (κ2) is 4.92. The molecule has 0 aliphatic carbocycles. The van der Waals surface area contributed by atoms with Crippen molar-refractivity contribution < 1.29 is 13.5 Å². The first-order valence-corrected chi connectivity index (χ1v) is 5.42. The van der Waals surface area contributed by atoms with Gasteiger partial charge < -0.3 is 5.11 Å². The fraction of sp³-hybridized carbons (Fsp3) is 1.00. The van der Waals surface area contributed by atoms with Gasteiger partial charge in [-0.3, -0.25) is 0 Å². The molecular formula is C5H12ClNO3S. The van der Waals surface area contributed by atoms with Crippen LogP contribution in [-0.4, -0.2) is 31.4 Å². The van der Waals surface area contributed by atoms with E-state index >= 15 is 0 Å². The molecule has 2 N–H and O–H groups in total. The number of aliphatic hydroxyl groups is 1. The largest absolute Gasteiger partial charge is 0.392 e. The third kappa shape index (κ3) is 5.43. The van der Waals surface area contributed by atoms with Crippen molar-refractivity contribution in [1.82, 2.24) is 4.72 Å². The summed E-state index contributed by atoms with van der Waals surface area (Å²) in [5.41, 5.74) is 0. The second-order valence-electron chi connectivity index (χ2n) is 2.13. The van der Waals surface area contributed by atoms with Gasteiger partial charge in [0.1, 0.15) is 5.21 Å². The van der Waals surface area contributed by atoms with Crippen LogP contribution in [0, 0.1) is 0 Å². The SMILES string of the molecule is CCC(O)CNS(=O)(=O)CCl. The Morgan fingerprint density at radius 1 is 1.64 bits per heavy atom. The number of nitrogens with one attached hydrogen (secondary N) is 1. The zero-order valence-electron chi connectivity index (χ0n) is 6.25. The zero-order chi connectivity index (χ0) is 8.91. The standard InChI is InChI=1S/C5H12ClNO3S/c1-2-5(8)3-7-11(9,10)4-6/h5,7-8H,2-4H2,1H3. The average molecular weight is 202 g/mol. The van der Waals surface area contributed by atoms with Crippen LogP contribution in [0.25, 0.3) is 0 Å². The Morgan fingerprint density at radius 3 is 2.55 bits per heavy atom. The lowest BCUT2D eigenvalue weighted by Gasteiger charge is -2.07. The first-order chi connectivity index (χ1) is 5.02. The Balaban J connectivity index is 3.71. The second-order valence-corrected chi connectivity index (χ2v) is 4.53. The molecule has 0 aromatic heterocycles. The molecule has 0 aliphatic heterocycles. The maximum atomic E-state index is 10.7. The Bertz CT molecular complexity index is 192. The van der Waals surface area contributed by atoms with Gasteiger partial charge in [-0.15, -0.1) is 11.6 Å².